The molecule has 1 amide bonds. The number of carbonyl (C=O) groups excluding carboxylic acids is 1. The quantitative estimate of drug-likeness (QED) is 0.300. The van der Waals surface area contributed by atoms with E-state index >= 15 is 0 Å². The lowest BCUT2D eigenvalue weighted by atomic mass is 9.39. The van der Waals surface area contributed by atoms with E-state index in [-0.39, 0.29) is 67.0 Å². The number of benzene rings is 2. The molecule has 15 heteroatoms. The van der Waals surface area contributed by atoms with Gasteiger partial charge in [-0.25, -0.2) is 17.2 Å². The Kier molecular flexibility index (Phi) is 6.41. The van der Waals surface area contributed by atoms with Crippen molar-refractivity contribution in [1.29, 1.82) is 0 Å². The van der Waals surface area contributed by atoms with E-state index in [4.69, 9.17) is 0 Å². The van der Waals surface area contributed by atoms with Crippen LogP contribution in [0.25, 0.3) is 0 Å². The molecule has 2 aromatic carbocycles. The highest BCUT2D eigenvalue weighted by Crippen LogP contribution is 2.68. The summed E-state index contributed by atoms with van der Waals surface area (Å²) in [7, 11) is -4.57. The molecule has 0 aliphatic heterocycles. The van der Waals surface area contributed by atoms with Crippen molar-refractivity contribution < 1.29 is 58.2 Å². The zero-order valence-corrected chi connectivity index (χ0v) is 23.5. The van der Waals surface area contributed by atoms with Crippen molar-refractivity contribution in [3.63, 3.8) is 0 Å². The number of alkyl halides is 7. The first kappa shape index (κ1) is 30.8. The average molecular weight is 652 g/mol. The van der Waals surface area contributed by atoms with Gasteiger partial charge in [0.25, 0.3) is 0 Å². The van der Waals surface area contributed by atoms with Gasteiger partial charge in [0.05, 0.1) is 10.3 Å². The molecule has 3 atom stereocenters. The molecule has 2 N–H and O–H groups in total. The van der Waals surface area contributed by atoms with Crippen molar-refractivity contribution in [2.45, 2.75) is 78.1 Å². The van der Waals surface area contributed by atoms with Crippen LogP contribution in [0.4, 0.5) is 35.1 Å². The monoisotopic (exact) mass is 651 g/mol. The number of carboxylic acids is 1. The van der Waals surface area contributed by atoms with E-state index in [0.717, 1.165) is 30.3 Å². The number of fused-ring (bicyclic) bond motifs is 3. The third kappa shape index (κ3) is 3.92. The highest BCUT2D eigenvalue weighted by Gasteiger charge is 2.75. The zero-order chi connectivity index (χ0) is 32.3. The van der Waals surface area contributed by atoms with Gasteiger partial charge in [0, 0.05) is 17.0 Å². The molecule has 44 heavy (non-hydrogen) atoms. The van der Waals surface area contributed by atoms with Crippen LogP contribution in [0.15, 0.2) is 47.4 Å². The summed E-state index contributed by atoms with van der Waals surface area (Å²) in [5.41, 5.74) is -9.48. The van der Waals surface area contributed by atoms with Gasteiger partial charge < -0.3 is 10.4 Å². The first-order chi connectivity index (χ1) is 20.2. The van der Waals surface area contributed by atoms with E-state index in [1.54, 1.807) is 0 Å². The van der Waals surface area contributed by atoms with Crippen LogP contribution in [0, 0.1) is 23.1 Å². The molecule has 0 saturated heterocycles. The second-order valence-corrected chi connectivity index (χ2v) is 14.8. The predicted octanol–water partition coefficient (Wildman–Crippen LogP) is 5.88. The number of aliphatic carboxylic acids is 1. The van der Waals surface area contributed by atoms with Gasteiger partial charge in [-0.2, -0.15) is 26.3 Å². The first-order valence-electron chi connectivity index (χ1n) is 13.8. The number of halogens is 8. The molecule has 0 spiro atoms. The highest BCUT2D eigenvalue weighted by molar-refractivity contribution is 7.92. The molecule has 2 aromatic rings. The summed E-state index contributed by atoms with van der Waals surface area (Å²) in [6, 6.07) is 5.19. The fourth-order valence-electron chi connectivity index (χ4n) is 8.19. The van der Waals surface area contributed by atoms with Gasteiger partial charge in [-0.05, 0) is 86.3 Å². The summed E-state index contributed by atoms with van der Waals surface area (Å²) in [6.07, 6.45) is -12.7. The van der Waals surface area contributed by atoms with Crippen LogP contribution in [-0.2, 0) is 36.3 Å². The Balaban J connectivity index is 1.43. The minimum absolute atomic E-state index is 0.0174. The Hall–Kier alpha value is -3.23. The first-order valence-corrected chi connectivity index (χ1v) is 15.2. The molecule has 5 aliphatic rings. The van der Waals surface area contributed by atoms with Crippen LogP contribution < -0.4 is 5.32 Å². The largest absolute Gasteiger partial charge is 0.481 e. The Labute approximate surface area is 245 Å². The third-order valence-corrected chi connectivity index (χ3v) is 12.8. The van der Waals surface area contributed by atoms with Crippen molar-refractivity contribution >= 4 is 21.7 Å². The number of hydrogen-bond donors (Lipinski definition) is 2. The minimum atomic E-state index is -6.37. The van der Waals surface area contributed by atoms with Crippen molar-refractivity contribution in [2.24, 2.45) is 17.3 Å². The zero-order valence-electron chi connectivity index (χ0n) is 22.7. The lowest BCUT2D eigenvalue weighted by Gasteiger charge is -2.68. The molecule has 2 bridgehead atoms. The lowest BCUT2D eigenvalue weighted by Crippen LogP contribution is -2.77. The maximum absolute atomic E-state index is 15.0. The van der Waals surface area contributed by atoms with Gasteiger partial charge in [0.1, 0.15) is 10.6 Å². The Bertz CT molecular complexity index is 1640. The summed E-state index contributed by atoms with van der Waals surface area (Å²) >= 11 is 0. The molecule has 238 valence electrons. The Morgan fingerprint density at radius 2 is 1.48 bits per heavy atom. The van der Waals surface area contributed by atoms with Crippen molar-refractivity contribution in [1.82, 2.24) is 5.32 Å². The molecule has 0 heterocycles. The molecule has 5 aliphatic carbocycles. The smallest absolute Gasteiger partial charge is 0.435 e. The van der Waals surface area contributed by atoms with Gasteiger partial charge in [-0.15, -0.1) is 0 Å². The maximum Gasteiger partial charge on any atom is 0.435 e. The number of aryl methyl sites for hydroxylation is 1. The van der Waals surface area contributed by atoms with E-state index in [1.165, 1.54) is 0 Å². The second kappa shape index (κ2) is 9.16. The standard InChI is InChI=1S/C29H25F8NO5S/c30-17-3-5-18(6-4-17)44(42,43)26-10-9-19(22(39)38-25-12-24(13-25,14-25)23(40)41)21(26)7-1-15-11-16(2-8-20(15)26)27(31,28(32,33)34)29(35,36)37/h2-6,8,11,19,21H,1,7,9-10,12-14H2,(H,38,39)(H,40,41)/t19-,21+,24?,25?,26-/m1/s1. The van der Waals surface area contributed by atoms with Gasteiger partial charge >= 0.3 is 24.0 Å². The summed E-state index contributed by atoms with van der Waals surface area (Å²) < 4.78 is 137. The molecule has 6 nitrogen and oxygen atoms in total. The fourth-order valence-corrected chi connectivity index (χ4v) is 10.7. The van der Waals surface area contributed by atoms with Crippen LogP contribution in [0.2, 0.25) is 0 Å². The van der Waals surface area contributed by atoms with Crippen molar-refractivity contribution in [2.75, 3.05) is 0 Å². The minimum Gasteiger partial charge on any atom is -0.481 e. The molecule has 0 aromatic heterocycles. The normalized spacial score (nSPS) is 31.3. The lowest BCUT2D eigenvalue weighted by molar-refractivity contribution is -0.348. The summed E-state index contributed by atoms with van der Waals surface area (Å²) in [6.45, 7) is 0. The summed E-state index contributed by atoms with van der Waals surface area (Å²) in [4.78, 5) is 24.7. The van der Waals surface area contributed by atoms with E-state index in [2.05, 4.69) is 5.32 Å². The molecular weight excluding hydrogens is 626 g/mol. The molecule has 4 saturated carbocycles. The SMILES string of the molecule is O=C(NC12CC(C(=O)O)(C1)C2)[C@@H]1CC[C@@]2(S(=O)(=O)c3ccc(F)cc3)c3ccc(C(F)(C(F)(F)F)C(F)(F)F)cc3CC[C@@H]12. The molecule has 4 fully saturated rings. The predicted molar refractivity (Wildman–Crippen MR) is 136 cm³/mol. The Morgan fingerprint density at radius 1 is 0.886 bits per heavy atom. The van der Waals surface area contributed by atoms with Crippen LogP contribution in [0.5, 0.6) is 0 Å². The number of hydrogen-bond acceptors (Lipinski definition) is 4. The average Bonchev–Trinajstić information content (AvgIpc) is 3.29. The second-order valence-electron chi connectivity index (χ2n) is 12.5. The Morgan fingerprint density at radius 3 is 2.02 bits per heavy atom. The number of nitrogens with one attached hydrogen (secondary N) is 1. The van der Waals surface area contributed by atoms with Crippen LogP contribution in [-0.4, -0.2) is 43.3 Å². The number of amides is 1. The van der Waals surface area contributed by atoms with Crippen LogP contribution in [0.1, 0.15) is 55.2 Å². The van der Waals surface area contributed by atoms with E-state index in [9.17, 15) is 58.2 Å². The van der Waals surface area contributed by atoms with E-state index in [0.29, 0.717) is 6.07 Å². The van der Waals surface area contributed by atoms with Gasteiger partial charge in [0.2, 0.25) is 5.91 Å². The van der Waals surface area contributed by atoms with E-state index < -0.39 is 78.7 Å². The van der Waals surface area contributed by atoms with Gasteiger partial charge in [-0.3, -0.25) is 9.59 Å². The van der Waals surface area contributed by atoms with Crippen LogP contribution in [0.3, 0.4) is 0 Å². The van der Waals surface area contributed by atoms with Crippen molar-refractivity contribution in [3.05, 3.63) is 65.0 Å². The topological polar surface area (TPSA) is 101 Å². The number of sulfone groups is 1. The molecular formula is C29H25F8NO5S. The fraction of sp³-hybridized carbons (Fsp3) is 0.517. The third-order valence-electron chi connectivity index (χ3n) is 10.2. The number of carbonyl (C=O) groups is 2. The van der Waals surface area contributed by atoms with Crippen molar-refractivity contribution in [3.8, 4) is 0 Å². The van der Waals surface area contributed by atoms with Gasteiger partial charge in [0.15, 0.2) is 9.84 Å². The van der Waals surface area contributed by atoms with Crippen LogP contribution >= 0.6 is 0 Å². The number of carboxylic acid groups (broad SMARTS) is 1. The molecule has 0 unspecified atom stereocenters. The van der Waals surface area contributed by atoms with Gasteiger partial charge in [-0.1, -0.05) is 18.2 Å². The maximum atomic E-state index is 15.0. The summed E-state index contributed by atoms with van der Waals surface area (Å²) in [5.74, 6) is -4.19. The van der Waals surface area contributed by atoms with E-state index in [1.807, 2.05) is 0 Å². The highest BCUT2D eigenvalue weighted by atomic mass is 32.2. The number of rotatable bonds is 6. The molecule has 0 radical (unpaired) electrons. The molecule has 7 rings (SSSR count). The summed E-state index contributed by atoms with van der Waals surface area (Å²) in [5, 5.41) is 12.3.